The molecule has 2 fully saturated rings. The topological polar surface area (TPSA) is 34.9 Å². The van der Waals surface area contributed by atoms with Crippen LogP contribution in [0.3, 0.4) is 0 Å². The molecule has 0 N–H and O–H groups in total. The SMILES string of the molecule is Cn1nccc1C(=O)C1C2CCCC21. The molecule has 0 amide bonds. The molecule has 3 heteroatoms. The lowest BCUT2D eigenvalue weighted by molar-refractivity contribution is 0.0942. The van der Waals surface area contributed by atoms with Crippen molar-refractivity contribution in [2.45, 2.75) is 19.3 Å². The van der Waals surface area contributed by atoms with E-state index in [-0.39, 0.29) is 0 Å². The summed E-state index contributed by atoms with van der Waals surface area (Å²) in [7, 11) is 1.84. The molecule has 2 aliphatic carbocycles. The van der Waals surface area contributed by atoms with Crippen molar-refractivity contribution in [3.8, 4) is 0 Å². The lowest BCUT2D eigenvalue weighted by Gasteiger charge is -2.02. The van der Waals surface area contributed by atoms with Gasteiger partial charge in [0.15, 0.2) is 5.78 Å². The van der Waals surface area contributed by atoms with Crippen molar-refractivity contribution in [3.63, 3.8) is 0 Å². The Kier molecular flexibility index (Phi) is 1.58. The number of rotatable bonds is 2. The quantitative estimate of drug-likeness (QED) is 0.664. The van der Waals surface area contributed by atoms with Crippen molar-refractivity contribution < 1.29 is 4.79 Å². The number of carbonyl (C=O) groups is 1. The molecule has 3 nitrogen and oxygen atoms in total. The third-order valence-electron chi connectivity index (χ3n) is 3.78. The number of Topliss-reactive ketones (excluding diaryl/α,β-unsaturated/α-hetero) is 1. The van der Waals surface area contributed by atoms with Gasteiger partial charge < -0.3 is 0 Å². The third kappa shape index (κ3) is 0.982. The van der Waals surface area contributed by atoms with Gasteiger partial charge in [0.1, 0.15) is 5.69 Å². The number of ketones is 1. The zero-order valence-electron chi connectivity index (χ0n) is 8.31. The smallest absolute Gasteiger partial charge is 0.184 e. The van der Waals surface area contributed by atoms with Gasteiger partial charge in [0, 0.05) is 19.2 Å². The highest BCUT2D eigenvalue weighted by Crippen LogP contribution is 2.58. The van der Waals surface area contributed by atoms with Crippen LogP contribution in [0.25, 0.3) is 0 Å². The molecule has 2 unspecified atom stereocenters. The molecule has 2 atom stereocenters. The van der Waals surface area contributed by atoms with E-state index >= 15 is 0 Å². The molecule has 1 aromatic rings. The van der Waals surface area contributed by atoms with Crippen LogP contribution >= 0.6 is 0 Å². The van der Waals surface area contributed by atoms with Gasteiger partial charge in [-0.25, -0.2) is 0 Å². The Morgan fingerprint density at radius 1 is 1.50 bits per heavy atom. The third-order valence-corrected chi connectivity index (χ3v) is 3.78. The van der Waals surface area contributed by atoms with Gasteiger partial charge in [-0.15, -0.1) is 0 Å². The maximum Gasteiger partial charge on any atom is 0.184 e. The van der Waals surface area contributed by atoms with E-state index in [0.29, 0.717) is 23.5 Å². The summed E-state index contributed by atoms with van der Waals surface area (Å²) in [6, 6.07) is 1.83. The first kappa shape index (κ1) is 8.21. The summed E-state index contributed by atoms with van der Waals surface area (Å²) in [5.41, 5.74) is 0.782. The number of carbonyl (C=O) groups excluding carboxylic acids is 1. The Hall–Kier alpha value is -1.12. The monoisotopic (exact) mass is 190 g/mol. The molecule has 0 aromatic carbocycles. The van der Waals surface area contributed by atoms with Crippen molar-refractivity contribution in [2.24, 2.45) is 24.8 Å². The molecule has 14 heavy (non-hydrogen) atoms. The van der Waals surface area contributed by atoms with Crippen LogP contribution in [0.2, 0.25) is 0 Å². The second-order valence-electron chi connectivity index (χ2n) is 4.49. The highest BCUT2D eigenvalue weighted by atomic mass is 16.1. The van der Waals surface area contributed by atoms with E-state index in [1.807, 2.05) is 13.1 Å². The summed E-state index contributed by atoms with van der Waals surface area (Å²) >= 11 is 0. The van der Waals surface area contributed by atoms with E-state index in [2.05, 4.69) is 5.10 Å². The number of aromatic nitrogens is 2. The van der Waals surface area contributed by atoms with Crippen molar-refractivity contribution in [1.29, 1.82) is 0 Å². The summed E-state index contributed by atoms with van der Waals surface area (Å²) in [6.07, 6.45) is 5.55. The van der Waals surface area contributed by atoms with Crippen LogP contribution in [0, 0.1) is 17.8 Å². The van der Waals surface area contributed by atoms with Crippen LogP contribution in [0.5, 0.6) is 0 Å². The molecular weight excluding hydrogens is 176 g/mol. The lowest BCUT2D eigenvalue weighted by atomic mass is 10.1. The molecular formula is C11H14N2O. The predicted octanol–water partition coefficient (Wildman–Crippen LogP) is 1.65. The van der Waals surface area contributed by atoms with E-state index in [1.54, 1.807) is 10.9 Å². The molecule has 2 saturated carbocycles. The highest BCUT2D eigenvalue weighted by molar-refractivity contribution is 5.98. The largest absolute Gasteiger partial charge is 0.292 e. The second kappa shape index (κ2) is 2.69. The average molecular weight is 190 g/mol. The Balaban J connectivity index is 1.82. The molecule has 0 bridgehead atoms. The number of fused-ring (bicyclic) bond motifs is 1. The van der Waals surface area contributed by atoms with Crippen LogP contribution in [0.1, 0.15) is 29.8 Å². The Morgan fingerprint density at radius 2 is 2.21 bits per heavy atom. The number of hydrogen-bond acceptors (Lipinski definition) is 2. The average Bonchev–Trinajstić information content (AvgIpc) is 2.57. The van der Waals surface area contributed by atoms with Crippen LogP contribution < -0.4 is 0 Å². The fourth-order valence-corrected chi connectivity index (χ4v) is 3.00. The standard InChI is InChI=1S/C11H14N2O/c1-13-9(5-6-12-13)11(14)10-7-3-2-4-8(7)10/h5-8,10H,2-4H2,1H3. The molecule has 1 aromatic heterocycles. The van der Waals surface area contributed by atoms with E-state index in [4.69, 9.17) is 0 Å². The van der Waals surface area contributed by atoms with Gasteiger partial charge in [-0.3, -0.25) is 9.48 Å². The van der Waals surface area contributed by atoms with E-state index in [1.165, 1.54) is 19.3 Å². The first-order chi connectivity index (χ1) is 6.79. The molecule has 0 saturated heterocycles. The van der Waals surface area contributed by atoms with Crippen molar-refractivity contribution in [2.75, 3.05) is 0 Å². The Labute approximate surface area is 83.1 Å². The van der Waals surface area contributed by atoms with Crippen molar-refractivity contribution >= 4 is 5.78 Å². The fourth-order valence-electron chi connectivity index (χ4n) is 3.00. The number of nitrogens with zero attached hydrogens (tertiary/aromatic N) is 2. The highest BCUT2D eigenvalue weighted by Gasteiger charge is 2.56. The minimum atomic E-state index is 0.319. The maximum atomic E-state index is 12.0. The Bertz CT molecular complexity index is 372. The van der Waals surface area contributed by atoms with Crippen LogP contribution in [-0.4, -0.2) is 15.6 Å². The van der Waals surface area contributed by atoms with Gasteiger partial charge >= 0.3 is 0 Å². The maximum absolute atomic E-state index is 12.0. The van der Waals surface area contributed by atoms with E-state index < -0.39 is 0 Å². The van der Waals surface area contributed by atoms with Gasteiger partial charge in [-0.05, 0) is 30.7 Å². The molecule has 3 rings (SSSR count). The van der Waals surface area contributed by atoms with Crippen LogP contribution in [-0.2, 0) is 7.05 Å². The van der Waals surface area contributed by atoms with Crippen molar-refractivity contribution in [3.05, 3.63) is 18.0 Å². The van der Waals surface area contributed by atoms with Crippen molar-refractivity contribution in [1.82, 2.24) is 9.78 Å². The summed E-state index contributed by atoms with van der Waals surface area (Å²) < 4.78 is 1.69. The first-order valence-corrected chi connectivity index (χ1v) is 5.31. The second-order valence-corrected chi connectivity index (χ2v) is 4.49. The van der Waals surface area contributed by atoms with Crippen LogP contribution in [0.4, 0.5) is 0 Å². The zero-order chi connectivity index (χ0) is 9.71. The van der Waals surface area contributed by atoms with Crippen LogP contribution in [0.15, 0.2) is 12.3 Å². The molecule has 74 valence electrons. The molecule has 2 aliphatic rings. The minimum absolute atomic E-state index is 0.319. The minimum Gasteiger partial charge on any atom is -0.292 e. The van der Waals surface area contributed by atoms with Gasteiger partial charge in [0.05, 0.1) is 0 Å². The van der Waals surface area contributed by atoms with Gasteiger partial charge in [-0.2, -0.15) is 5.10 Å². The number of hydrogen-bond donors (Lipinski definition) is 0. The molecule has 1 heterocycles. The van der Waals surface area contributed by atoms with E-state index in [0.717, 1.165) is 5.69 Å². The van der Waals surface area contributed by atoms with E-state index in [9.17, 15) is 4.79 Å². The van der Waals surface area contributed by atoms with Gasteiger partial charge in [0.2, 0.25) is 0 Å². The lowest BCUT2D eigenvalue weighted by Crippen LogP contribution is -2.11. The first-order valence-electron chi connectivity index (χ1n) is 5.31. The summed E-state index contributed by atoms with van der Waals surface area (Å²) in [5.74, 6) is 2.06. The summed E-state index contributed by atoms with van der Waals surface area (Å²) in [5, 5.41) is 4.04. The Morgan fingerprint density at radius 3 is 2.79 bits per heavy atom. The predicted molar refractivity (Wildman–Crippen MR) is 51.9 cm³/mol. The summed E-state index contributed by atoms with van der Waals surface area (Å²) in [6.45, 7) is 0. The summed E-state index contributed by atoms with van der Waals surface area (Å²) in [4.78, 5) is 12.0. The van der Waals surface area contributed by atoms with Gasteiger partial charge in [0.25, 0.3) is 0 Å². The number of aryl methyl sites for hydroxylation is 1. The fraction of sp³-hybridized carbons (Fsp3) is 0.636. The molecule has 0 radical (unpaired) electrons. The van der Waals surface area contributed by atoms with Gasteiger partial charge in [-0.1, -0.05) is 6.42 Å². The normalized spacial score (nSPS) is 34.2. The zero-order valence-corrected chi connectivity index (χ0v) is 8.31. The molecule has 0 spiro atoms. The molecule has 0 aliphatic heterocycles.